The van der Waals surface area contributed by atoms with Crippen LogP contribution in [-0.2, 0) is 6.42 Å². The molecule has 2 aromatic heterocycles. The Hall–Kier alpha value is -1.65. The number of nitrogens with one attached hydrogen (secondary N) is 1. The van der Waals surface area contributed by atoms with E-state index in [1.165, 1.54) is 10.1 Å². The fourth-order valence-electron chi connectivity index (χ4n) is 2.11. The Balaban J connectivity index is 1.75. The van der Waals surface area contributed by atoms with E-state index in [-0.39, 0.29) is 0 Å². The summed E-state index contributed by atoms with van der Waals surface area (Å²) in [5.74, 6) is 1.66. The van der Waals surface area contributed by atoms with Crippen molar-refractivity contribution in [3.05, 3.63) is 42.4 Å². The fraction of sp³-hybridized carbons (Fsp3) is 0.312. The van der Waals surface area contributed by atoms with Crippen LogP contribution < -0.4 is 5.32 Å². The molecule has 0 aliphatic carbocycles. The highest BCUT2D eigenvalue weighted by Gasteiger charge is 2.09. The molecule has 0 bridgehead atoms. The molecule has 20 heavy (non-hydrogen) atoms. The topological polar surface area (TPSA) is 38.1 Å². The van der Waals surface area contributed by atoms with Crippen LogP contribution in [0.15, 0.2) is 40.9 Å². The van der Waals surface area contributed by atoms with E-state index in [1.54, 1.807) is 11.3 Å². The Bertz CT molecular complexity index is 666. The molecular weight excluding hydrogens is 268 g/mol. The van der Waals surface area contributed by atoms with Gasteiger partial charge in [0.25, 0.3) is 0 Å². The molecule has 0 spiro atoms. The smallest absolute Gasteiger partial charge is 0.196 e. The van der Waals surface area contributed by atoms with E-state index < -0.39 is 0 Å². The maximum atomic E-state index is 5.84. The lowest BCUT2D eigenvalue weighted by Gasteiger charge is -2.05. The van der Waals surface area contributed by atoms with Gasteiger partial charge in [-0.05, 0) is 17.5 Å². The van der Waals surface area contributed by atoms with E-state index in [1.807, 2.05) is 6.20 Å². The average molecular weight is 286 g/mol. The fourth-order valence-corrected chi connectivity index (χ4v) is 3.12. The van der Waals surface area contributed by atoms with E-state index in [0.717, 1.165) is 29.5 Å². The molecule has 1 N–H and O–H groups in total. The van der Waals surface area contributed by atoms with Gasteiger partial charge in [-0.1, -0.05) is 32.0 Å². The number of benzene rings is 1. The number of oxazole rings is 1. The molecule has 3 nitrogen and oxygen atoms in total. The number of aromatic nitrogens is 1. The minimum atomic E-state index is 0.493. The van der Waals surface area contributed by atoms with Crippen molar-refractivity contribution in [3.8, 4) is 10.6 Å². The van der Waals surface area contributed by atoms with Crippen LogP contribution in [-0.4, -0.2) is 17.6 Å². The monoisotopic (exact) mass is 286 g/mol. The summed E-state index contributed by atoms with van der Waals surface area (Å²) in [6, 6.07) is 11.0. The second-order valence-electron chi connectivity index (χ2n) is 5.13. The zero-order chi connectivity index (χ0) is 13.9. The van der Waals surface area contributed by atoms with Crippen molar-refractivity contribution < 1.29 is 4.42 Å². The first-order valence-corrected chi connectivity index (χ1v) is 7.71. The van der Waals surface area contributed by atoms with Crippen LogP contribution >= 0.6 is 11.3 Å². The molecule has 0 unspecified atom stereocenters. The summed E-state index contributed by atoms with van der Waals surface area (Å²) in [5, 5.41) is 4.62. The zero-order valence-electron chi connectivity index (χ0n) is 11.7. The summed E-state index contributed by atoms with van der Waals surface area (Å²) in [6.07, 6.45) is 2.65. The van der Waals surface area contributed by atoms with Gasteiger partial charge in [0.1, 0.15) is 0 Å². The van der Waals surface area contributed by atoms with Gasteiger partial charge in [0.05, 0.1) is 11.1 Å². The summed E-state index contributed by atoms with van der Waals surface area (Å²) >= 11 is 1.74. The molecule has 3 aromatic rings. The summed E-state index contributed by atoms with van der Waals surface area (Å²) in [7, 11) is 0. The Labute approximate surface area is 122 Å². The van der Waals surface area contributed by atoms with Gasteiger partial charge in [0, 0.05) is 23.7 Å². The number of hydrogen-bond donors (Lipinski definition) is 1. The van der Waals surface area contributed by atoms with Crippen LogP contribution in [0.25, 0.3) is 20.7 Å². The van der Waals surface area contributed by atoms with Gasteiger partial charge in [-0.3, -0.25) is 0 Å². The van der Waals surface area contributed by atoms with Gasteiger partial charge in [0.15, 0.2) is 11.7 Å². The lowest BCUT2D eigenvalue weighted by atomic mass is 10.2. The highest BCUT2D eigenvalue weighted by atomic mass is 32.1. The first kappa shape index (κ1) is 13.3. The first-order valence-electron chi connectivity index (χ1n) is 6.89. The Morgan fingerprint density at radius 1 is 1.30 bits per heavy atom. The van der Waals surface area contributed by atoms with Crippen LogP contribution in [0.2, 0.25) is 0 Å². The molecule has 0 radical (unpaired) electrons. The summed E-state index contributed by atoms with van der Waals surface area (Å²) < 4.78 is 7.12. The molecule has 3 rings (SSSR count). The van der Waals surface area contributed by atoms with Crippen LogP contribution in [0, 0.1) is 0 Å². The highest BCUT2D eigenvalue weighted by Crippen LogP contribution is 2.33. The van der Waals surface area contributed by atoms with Crippen LogP contribution in [0.5, 0.6) is 0 Å². The average Bonchev–Trinajstić information content (AvgIpc) is 3.03. The predicted molar refractivity (Wildman–Crippen MR) is 84.2 cm³/mol. The van der Waals surface area contributed by atoms with Gasteiger partial charge >= 0.3 is 0 Å². The van der Waals surface area contributed by atoms with Crippen molar-refractivity contribution in [2.45, 2.75) is 26.3 Å². The van der Waals surface area contributed by atoms with Crippen molar-refractivity contribution in [2.24, 2.45) is 0 Å². The summed E-state index contributed by atoms with van der Waals surface area (Å²) in [6.45, 7) is 5.17. The molecule has 4 heteroatoms. The Morgan fingerprint density at radius 2 is 2.15 bits per heavy atom. The Morgan fingerprint density at radius 3 is 2.95 bits per heavy atom. The van der Waals surface area contributed by atoms with E-state index in [0.29, 0.717) is 6.04 Å². The number of thiophene rings is 1. The number of hydrogen-bond acceptors (Lipinski definition) is 4. The van der Waals surface area contributed by atoms with Crippen LogP contribution in [0.4, 0.5) is 0 Å². The van der Waals surface area contributed by atoms with E-state index in [2.05, 4.69) is 54.5 Å². The van der Waals surface area contributed by atoms with Gasteiger partial charge in [-0.15, -0.1) is 11.3 Å². The molecule has 0 fully saturated rings. The summed E-state index contributed by atoms with van der Waals surface area (Å²) in [5.41, 5.74) is 0. The van der Waals surface area contributed by atoms with Crippen molar-refractivity contribution in [1.29, 1.82) is 0 Å². The molecule has 0 amide bonds. The SMILES string of the molecule is CC(C)NCCc1ncc(-c2cc3ccccc3s2)o1. The van der Waals surface area contributed by atoms with E-state index >= 15 is 0 Å². The lowest BCUT2D eigenvalue weighted by Crippen LogP contribution is -2.24. The largest absolute Gasteiger partial charge is 0.440 e. The summed E-state index contributed by atoms with van der Waals surface area (Å²) in [4.78, 5) is 5.50. The van der Waals surface area contributed by atoms with Crippen molar-refractivity contribution in [1.82, 2.24) is 10.3 Å². The van der Waals surface area contributed by atoms with Crippen molar-refractivity contribution in [3.63, 3.8) is 0 Å². The normalized spacial score (nSPS) is 11.6. The van der Waals surface area contributed by atoms with Crippen molar-refractivity contribution >= 4 is 21.4 Å². The van der Waals surface area contributed by atoms with E-state index in [4.69, 9.17) is 4.42 Å². The molecule has 0 aliphatic heterocycles. The minimum absolute atomic E-state index is 0.493. The molecule has 0 saturated heterocycles. The maximum absolute atomic E-state index is 5.84. The third kappa shape index (κ3) is 2.92. The third-order valence-corrected chi connectivity index (χ3v) is 4.24. The molecule has 2 heterocycles. The molecule has 104 valence electrons. The van der Waals surface area contributed by atoms with E-state index in [9.17, 15) is 0 Å². The number of rotatable bonds is 5. The first-order chi connectivity index (χ1) is 9.72. The minimum Gasteiger partial charge on any atom is -0.440 e. The third-order valence-electron chi connectivity index (χ3n) is 3.11. The Kier molecular flexibility index (Phi) is 3.85. The van der Waals surface area contributed by atoms with Crippen LogP contribution in [0.1, 0.15) is 19.7 Å². The van der Waals surface area contributed by atoms with Gasteiger partial charge in [-0.2, -0.15) is 0 Å². The highest BCUT2D eigenvalue weighted by molar-refractivity contribution is 7.22. The standard InChI is InChI=1S/C16H18N2OS/c1-11(2)17-8-7-16-18-10-13(19-16)15-9-12-5-3-4-6-14(12)20-15/h3-6,9-11,17H,7-8H2,1-2H3. The quantitative estimate of drug-likeness (QED) is 0.767. The van der Waals surface area contributed by atoms with Crippen LogP contribution in [0.3, 0.4) is 0 Å². The molecule has 1 aromatic carbocycles. The van der Waals surface area contributed by atoms with Gasteiger partial charge in [-0.25, -0.2) is 4.98 Å². The van der Waals surface area contributed by atoms with Crippen molar-refractivity contribution in [2.75, 3.05) is 6.54 Å². The number of fused-ring (bicyclic) bond motifs is 1. The molecule has 0 saturated carbocycles. The predicted octanol–water partition coefficient (Wildman–Crippen LogP) is 4.10. The zero-order valence-corrected chi connectivity index (χ0v) is 12.5. The second-order valence-corrected chi connectivity index (χ2v) is 6.21. The lowest BCUT2D eigenvalue weighted by molar-refractivity contribution is 0.485. The number of nitrogens with zero attached hydrogens (tertiary/aromatic N) is 1. The molecule has 0 aliphatic rings. The molecule has 0 atom stereocenters. The molecular formula is C16H18N2OS. The maximum Gasteiger partial charge on any atom is 0.196 e. The van der Waals surface area contributed by atoms with Gasteiger partial charge < -0.3 is 9.73 Å². The second kappa shape index (κ2) is 5.77. The van der Waals surface area contributed by atoms with Gasteiger partial charge in [0.2, 0.25) is 0 Å².